The van der Waals surface area contributed by atoms with E-state index in [1.54, 1.807) is 35.6 Å². The van der Waals surface area contributed by atoms with Gasteiger partial charge in [-0.3, -0.25) is 9.69 Å². The highest BCUT2D eigenvalue weighted by Gasteiger charge is 2.18. The molecule has 0 aliphatic carbocycles. The third kappa shape index (κ3) is 4.02. The SMILES string of the molecule is C[C@H](c1nc2ccccc2s1)N(C)CC(=O)Nc1ccc(C#N)cc1. The van der Waals surface area contributed by atoms with Gasteiger partial charge in [0.1, 0.15) is 5.01 Å². The van der Waals surface area contributed by atoms with Gasteiger partial charge in [-0.25, -0.2) is 4.98 Å². The summed E-state index contributed by atoms with van der Waals surface area (Å²) in [5.74, 6) is -0.0971. The number of rotatable bonds is 5. The molecule has 2 aromatic carbocycles. The van der Waals surface area contributed by atoms with Crippen LogP contribution >= 0.6 is 11.3 Å². The molecule has 0 unspecified atom stereocenters. The first-order valence-corrected chi connectivity index (χ1v) is 8.74. The summed E-state index contributed by atoms with van der Waals surface area (Å²) in [5, 5.41) is 12.6. The highest BCUT2D eigenvalue weighted by Crippen LogP contribution is 2.28. The van der Waals surface area contributed by atoms with Gasteiger partial charge in [-0.2, -0.15) is 5.26 Å². The van der Waals surface area contributed by atoms with E-state index in [-0.39, 0.29) is 18.5 Å². The Balaban J connectivity index is 1.62. The van der Waals surface area contributed by atoms with E-state index in [9.17, 15) is 4.79 Å². The highest BCUT2D eigenvalue weighted by atomic mass is 32.1. The summed E-state index contributed by atoms with van der Waals surface area (Å²) in [4.78, 5) is 18.9. The number of aromatic nitrogens is 1. The molecule has 0 saturated carbocycles. The van der Waals surface area contributed by atoms with Crippen LogP contribution in [-0.2, 0) is 4.79 Å². The molecule has 0 fully saturated rings. The molecule has 1 aromatic heterocycles. The van der Waals surface area contributed by atoms with Crippen molar-refractivity contribution in [3.8, 4) is 6.07 Å². The first-order valence-electron chi connectivity index (χ1n) is 7.92. The number of likely N-dealkylation sites (N-methyl/N-ethyl adjacent to an activating group) is 1. The summed E-state index contributed by atoms with van der Waals surface area (Å²) in [6.45, 7) is 2.31. The van der Waals surface area contributed by atoms with Crippen LogP contribution in [0.5, 0.6) is 0 Å². The van der Waals surface area contributed by atoms with Crippen molar-refractivity contribution < 1.29 is 4.79 Å². The van der Waals surface area contributed by atoms with Gasteiger partial charge in [-0.05, 0) is 50.4 Å². The summed E-state index contributed by atoms with van der Waals surface area (Å²) in [6.07, 6.45) is 0. The third-order valence-corrected chi connectivity index (χ3v) is 5.23. The number of fused-ring (bicyclic) bond motifs is 1. The number of carbonyl (C=O) groups is 1. The number of benzene rings is 2. The van der Waals surface area contributed by atoms with Crippen LogP contribution in [0.3, 0.4) is 0 Å². The lowest BCUT2D eigenvalue weighted by Gasteiger charge is -2.22. The maximum Gasteiger partial charge on any atom is 0.238 e. The van der Waals surface area contributed by atoms with E-state index in [1.807, 2.05) is 37.1 Å². The van der Waals surface area contributed by atoms with E-state index in [0.29, 0.717) is 11.3 Å². The molecule has 6 heteroatoms. The van der Waals surface area contributed by atoms with Crippen molar-refractivity contribution in [2.24, 2.45) is 0 Å². The molecule has 25 heavy (non-hydrogen) atoms. The quantitative estimate of drug-likeness (QED) is 0.760. The fourth-order valence-electron chi connectivity index (χ4n) is 2.45. The van der Waals surface area contributed by atoms with E-state index >= 15 is 0 Å². The normalized spacial score (nSPS) is 12.1. The zero-order valence-corrected chi connectivity index (χ0v) is 14.9. The maximum atomic E-state index is 12.3. The van der Waals surface area contributed by atoms with Gasteiger partial charge >= 0.3 is 0 Å². The van der Waals surface area contributed by atoms with Crippen molar-refractivity contribution >= 4 is 33.1 Å². The molecule has 1 amide bonds. The largest absolute Gasteiger partial charge is 0.325 e. The summed E-state index contributed by atoms with van der Waals surface area (Å²) in [5.41, 5.74) is 2.24. The smallest absolute Gasteiger partial charge is 0.238 e. The molecule has 0 bridgehead atoms. The summed E-state index contributed by atoms with van der Waals surface area (Å²) in [7, 11) is 1.91. The number of thiazole rings is 1. The second kappa shape index (κ2) is 7.43. The number of nitrogens with zero attached hydrogens (tertiary/aromatic N) is 3. The van der Waals surface area contributed by atoms with E-state index in [2.05, 4.69) is 22.4 Å². The van der Waals surface area contributed by atoms with E-state index in [4.69, 9.17) is 5.26 Å². The predicted octanol–water partition coefficient (Wildman–Crippen LogP) is 3.80. The van der Waals surface area contributed by atoms with Gasteiger partial charge in [0.2, 0.25) is 5.91 Å². The Morgan fingerprint density at radius 1 is 1.28 bits per heavy atom. The molecule has 1 N–H and O–H groups in total. The van der Waals surface area contributed by atoms with E-state index in [0.717, 1.165) is 15.2 Å². The standard InChI is InChI=1S/C19H18N4OS/c1-13(19-22-16-5-3-4-6-17(16)25-19)23(2)12-18(24)21-15-9-7-14(11-20)8-10-15/h3-10,13H,12H2,1-2H3,(H,21,24)/t13-/m1/s1. The van der Waals surface area contributed by atoms with Crippen LogP contribution in [0.2, 0.25) is 0 Å². The number of carbonyl (C=O) groups excluding carboxylic acids is 1. The lowest BCUT2D eigenvalue weighted by Crippen LogP contribution is -2.32. The lowest BCUT2D eigenvalue weighted by molar-refractivity contribution is -0.117. The molecular weight excluding hydrogens is 332 g/mol. The van der Waals surface area contributed by atoms with Crippen LogP contribution in [0.25, 0.3) is 10.2 Å². The molecule has 0 aliphatic rings. The molecule has 0 saturated heterocycles. The van der Waals surface area contributed by atoms with Crippen molar-refractivity contribution in [2.75, 3.05) is 18.9 Å². The Morgan fingerprint density at radius 2 is 2.00 bits per heavy atom. The zero-order valence-electron chi connectivity index (χ0n) is 14.1. The van der Waals surface area contributed by atoms with Crippen LogP contribution < -0.4 is 5.32 Å². The highest BCUT2D eigenvalue weighted by molar-refractivity contribution is 7.18. The van der Waals surface area contributed by atoms with Gasteiger partial charge in [0.15, 0.2) is 0 Å². The Hall–Kier alpha value is -2.75. The molecule has 5 nitrogen and oxygen atoms in total. The van der Waals surface area contributed by atoms with Crippen molar-refractivity contribution in [2.45, 2.75) is 13.0 Å². The molecule has 1 atom stereocenters. The Labute approximate surface area is 150 Å². The van der Waals surface area contributed by atoms with Crippen molar-refractivity contribution in [1.82, 2.24) is 9.88 Å². The molecule has 0 spiro atoms. The average Bonchev–Trinajstić information content (AvgIpc) is 3.05. The summed E-state index contributed by atoms with van der Waals surface area (Å²) in [6, 6.07) is 17.0. The molecule has 3 rings (SSSR count). The fraction of sp³-hybridized carbons (Fsp3) is 0.211. The zero-order chi connectivity index (χ0) is 17.8. The number of amides is 1. The van der Waals surface area contributed by atoms with Crippen LogP contribution in [0, 0.1) is 11.3 Å². The van der Waals surface area contributed by atoms with Gasteiger partial charge < -0.3 is 5.32 Å². The molecule has 0 aliphatic heterocycles. The Morgan fingerprint density at radius 3 is 2.68 bits per heavy atom. The minimum absolute atomic E-state index is 0.0455. The second-order valence-electron chi connectivity index (χ2n) is 5.85. The van der Waals surface area contributed by atoms with Gasteiger partial charge in [0, 0.05) is 5.69 Å². The first kappa shape index (κ1) is 17.1. The number of nitrogens with one attached hydrogen (secondary N) is 1. The molecule has 126 valence electrons. The lowest BCUT2D eigenvalue weighted by atomic mass is 10.2. The average molecular weight is 350 g/mol. The molecule has 3 aromatic rings. The monoisotopic (exact) mass is 350 g/mol. The fourth-order valence-corrected chi connectivity index (χ4v) is 3.53. The molecule has 1 heterocycles. The number of hydrogen-bond acceptors (Lipinski definition) is 5. The second-order valence-corrected chi connectivity index (χ2v) is 6.91. The Kier molecular flexibility index (Phi) is 5.08. The van der Waals surface area contributed by atoms with Crippen molar-refractivity contribution in [3.63, 3.8) is 0 Å². The van der Waals surface area contributed by atoms with E-state index < -0.39 is 0 Å². The summed E-state index contributed by atoms with van der Waals surface area (Å²) < 4.78 is 1.15. The minimum Gasteiger partial charge on any atom is -0.325 e. The number of nitriles is 1. The summed E-state index contributed by atoms with van der Waals surface area (Å²) >= 11 is 1.65. The van der Waals surface area contributed by atoms with Gasteiger partial charge in [-0.15, -0.1) is 11.3 Å². The van der Waals surface area contributed by atoms with Gasteiger partial charge in [0.05, 0.1) is 34.4 Å². The van der Waals surface area contributed by atoms with Crippen molar-refractivity contribution in [3.05, 3.63) is 59.1 Å². The predicted molar refractivity (Wildman–Crippen MR) is 100 cm³/mol. The Bertz CT molecular complexity index is 893. The van der Waals surface area contributed by atoms with Gasteiger partial charge in [0.25, 0.3) is 0 Å². The minimum atomic E-state index is -0.0971. The van der Waals surface area contributed by atoms with Crippen LogP contribution in [0.1, 0.15) is 23.5 Å². The molecule has 0 radical (unpaired) electrons. The van der Waals surface area contributed by atoms with Crippen LogP contribution in [0.4, 0.5) is 5.69 Å². The maximum absolute atomic E-state index is 12.3. The first-order chi connectivity index (χ1) is 12.1. The van der Waals surface area contributed by atoms with E-state index in [1.165, 1.54) is 0 Å². The number of anilines is 1. The van der Waals surface area contributed by atoms with Crippen LogP contribution in [0.15, 0.2) is 48.5 Å². The topological polar surface area (TPSA) is 69.0 Å². The van der Waals surface area contributed by atoms with Crippen molar-refractivity contribution in [1.29, 1.82) is 5.26 Å². The molecular formula is C19H18N4OS. The third-order valence-electron chi connectivity index (χ3n) is 4.02. The number of hydrogen-bond donors (Lipinski definition) is 1. The van der Waals surface area contributed by atoms with Crippen LogP contribution in [-0.4, -0.2) is 29.4 Å². The number of para-hydroxylation sites is 1. The van der Waals surface area contributed by atoms with Gasteiger partial charge in [-0.1, -0.05) is 12.1 Å².